The van der Waals surface area contributed by atoms with Gasteiger partial charge in [-0.3, -0.25) is 0 Å². The molecular weight excluding hydrogens is 408 g/mol. The van der Waals surface area contributed by atoms with Crippen LogP contribution in [0.25, 0.3) is 0 Å². The first-order valence-corrected chi connectivity index (χ1v) is 9.10. The topological polar surface area (TPSA) is 46.2 Å². The van der Waals surface area contributed by atoms with Gasteiger partial charge in [0, 0.05) is 6.04 Å². The third kappa shape index (κ3) is 3.81. The molecule has 0 aliphatic rings. The predicted molar refractivity (Wildman–Crippen MR) is 82.1 cm³/mol. The first-order valence-electron chi connectivity index (χ1n) is 5.63. The van der Waals surface area contributed by atoms with Crippen molar-refractivity contribution in [1.82, 2.24) is 4.72 Å². The van der Waals surface area contributed by atoms with Crippen molar-refractivity contribution in [3.8, 4) is 0 Å². The molecule has 1 N–H and O–H groups in total. The molecule has 0 fully saturated rings. The van der Waals surface area contributed by atoms with Crippen molar-refractivity contribution >= 4 is 48.9 Å². The van der Waals surface area contributed by atoms with Crippen LogP contribution in [0.1, 0.15) is 18.5 Å². The normalized spacial score (nSPS) is 13.4. The summed E-state index contributed by atoms with van der Waals surface area (Å²) in [6.45, 7) is 1.54. The smallest absolute Gasteiger partial charge is 0.206 e. The maximum Gasteiger partial charge on any atom is 0.250 e. The van der Waals surface area contributed by atoms with Crippen LogP contribution in [0.4, 0.5) is 8.78 Å². The van der Waals surface area contributed by atoms with Gasteiger partial charge < -0.3 is 0 Å². The fraction of sp³-hybridized carbons (Fsp3) is 0.167. The number of hydrogen-bond acceptors (Lipinski definition) is 3. The SMILES string of the molecule is CC(NS(=O)(=O)c1cc(Cl)c(Br)s1)c1ccc(F)c(F)c1. The molecule has 0 aliphatic heterocycles. The van der Waals surface area contributed by atoms with Crippen LogP contribution < -0.4 is 4.72 Å². The van der Waals surface area contributed by atoms with Gasteiger partial charge in [-0.2, -0.15) is 0 Å². The highest BCUT2D eigenvalue weighted by Crippen LogP contribution is 2.35. The summed E-state index contributed by atoms with van der Waals surface area (Å²) in [5, 5.41) is 0.292. The fourth-order valence-electron chi connectivity index (χ4n) is 1.60. The maximum atomic E-state index is 13.2. The van der Waals surface area contributed by atoms with Gasteiger partial charge in [0.1, 0.15) is 4.21 Å². The van der Waals surface area contributed by atoms with Gasteiger partial charge in [-0.1, -0.05) is 17.7 Å². The molecule has 1 aromatic carbocycles. The average Bonchev–Trinajstić information content (AvgIpc) is 2.73. The second-order valence-corrected chi connectivity index (χ2v) is 8.92. The third-order valence-electron chi connectivity index (χ3n) is 2.66. The van der Waals surface area contributed by atoms with Gasteiger partial charge in [-0.05, 0) is 46.6 Å². The lowest BCUT2D eigenvalue weighted by Crippen LogP contribution is -2.26. The quantitative estimate of drug-likeness (QED) is 0.798. The van der Waals surface area contributed by atoms with Gasteiger partial charge in [0.05, 0.1) is 8.81 Å². The lowest BCUT2D eigenvalue weighted by molar-refractivity contribution is 0.504. The van der Waals surface area contributed by atoms with Crippen LogP contribution in [-0.4, -0.2) is 8.42 Å². The zero-order valence-corrected chi connectivity index (χ0v) is 14.5. The Hall–Kier alpha value is -0.540. The number of rotatable bonds is 4. The van der Waals surface area contributed by atoms with Crippen molar-refractivity contribution in [3.05, 3.63) is 50.3 Å². The molecule has 0 amide bonds. The van der Waals surface area contributed by atoms with E-state index in [1.807, 2.05) is 0 Å². The van der Waals surface area contributed by atoms with Crippen molar-refractivity contribution in [3.63, 3.8) is 0 Å². The average molecular weight is 417 g/mol. The molecule has 2 rings (SSSR count). The summed E-state index contributed by atoms with van der Waals surface area (Å²) < 4.78 is 53.4. The van der Waals surface area contributed by atoms with Gasteiger partial charge >= 0.3 is 0 Å². The highest BCUT2D eigenvalue weighted by molar-refractivity contribution is 9.11. The molecule has 1 atom stereocenters. The summed E-state index contributed by atoms with van der Waals surface area (Å²) in [7, 11) is -3.79. The van der Waals surface area contributed by atoms with E-state index in [2.05, 4.69) is 20.7 Å². The highest BCUT2D eigenvalue weighted by Gasteiger charge is 2.22. The summed E-state index contributed by atoms with van der Waals surface area (Å²) in [5.41, 5.74) is 0.319. The Balaban J connectivity index is 2.25. The van der Waals surface area contributed by atoms with E-state index in [4.69, 9.17) is 11.6 Å². The molecule has 0 aliphatic carbocycles. The van der Waals surface area contributed by atoms with Crippen molar-refractivity contribution in [2.75, 3.05) is 0 Å². The van der Waals surface area contributed by atoms with E-state index in [1.165, 1.54) is 19.1 Å². The van der Waals surface area contributed by atoms with Gasteiger partial charge in [0.15, 0.2) is 11.6 Å². The standard InChI is InChI=1S/C12H9BrClF2NO2S2/c1-6(7-2-3-9(15)10(16)4-7)17-21(18,19)11-5-8(14)12(13)20-11/h2-6,17H,1H3. The molecule has 0 bridgehead atoms. The molecule has 0 saturated heterocycles. The molecule has 114 valence electrons. The first kappa shape index (κ1) is 16.8. The second kappa shape index (κ2) is 6.29. The molecule has 0 spiro atoms. The zero-order chi connectivity index (χ0) is 15.8. The van der Waals surface area contributed by atoms with Crippen LogP contribution in [-0.2, 0) is 10.0 Å². The van der Waals surface area contributed by atoms with E-state index in [-0.39, 0.29) is 4.21 Å². The van der Waals surface area contributed by atoms with E-state index >= 15 is 0 Å². The molecule has 9 heteroatoms. The fourth-order valence-corrected chi connectivity index (χ4v) is 5.25. The summed E-state index contributed by atoms with van der Waals surface area (Å²) in [6, 6.07) is 3.83. The Labute approximate surface area is 138 Å². The minimum absolute atomic E-state index is 0.0359. The van der Waals surface area contributed by atoms with E-state index < -0.39 is 27.7 Å². The lowest BCUT2D eigenvalue weighted by Gasteiger charge is -2.14. The molecule has 1 unspecified atom stereocenters. The largest absolute Gasteiger partial charge is 0.250 e. The van der Waals surface area contributed by atoms with E-state index in [1.54, 1.807) is 0 Å². The summed E-state index contributed by atoms with van der Waals surface area (Å²) >= 11 is 9.91. The Bertz CT molecular complexity index is 760. The summed E-state index contributed by atoms with van der Waals surface area (Å²) in [5.74, 6) is -2.01. The predicted octanol–water partition coefficient (Wildman–Crippen LogP) is 4.48. The molecule has 3 nitrogen and oxygen atoms in total. The van der Waals surface area contributed by atoms with Crippen LogP contribution in [0.2, 0.25) is 5.02 Å². The van der Waals surface area contributed by atoms with Crippen LogP contribution in [0, 0.1) is 11.6 Å². The third-order valence-corrected chi connectivity index (χ3v) is 7.15. The highest BCUT2D eigenvalue weighted by atomic mass is 79.9. The monoisotopic (exact) mass is 415 g/mol. The van der Waals surface area contributed by atoms with E-state index in [9.17, 15) is 17.2 Å². The van der Waals surface area contributed by atoms with Crippen LogP contribution in [0.3, 0.4) is 0 Å². The van der Waals surface area contributed by atoms with Crippen molar-refractivity contribution in [2.45, 2.75) is 17.2 Å². The Morgan fingerprint density at radius 1 is 1.29 bits per heavy atom. The van der Waals surface area contributed by atoms with Crippen molar-refractivity contribution in [1.29, 1.82) is 0 Å². The molecule has 2 aromatic rings. The maximum absolute atomic E-state index is 13.2. The minimum atomic E-state index is -3.79. The molecule has 0 radical (unpaired) electrons. The molecule has 1 heterocycles. The lowest BCUT2D eigenvalue weighted by atomic mass is 10.1. The Kier molecular flexibility index (Phi) is 5.04. The number of benzene rings is 1. The zero-order valence-electron chi connectivity index (χ0n) is 10.5. The van der Waals surface area contributed by atoms with E-state index in [0.29, 0.717) is 14.4 Å². The van der Waals surface area contributed by atoms with Gasteiger partial charge in [-0.15, -0.1) is 11.3 Å². The second-order valence-electron chi connectivity index (χ2n) is 4.20. The number of hydrogen-bond donors (Lipinski definition) is 1. The molecule has 21 heavy (non-hydrogen) atoms. The van der Waals surface area contributed by atoms with Gasteiger partial charge in [0.25, 0.3) is 10.0 Å². The number of thiophene rings is 1. The van der Waals surface area contributed by atoms with Gasteiger partial charge in [0.2, 0.25) is 0 Å². The number of sulfonamides is 1. The number of nitrogens with one attached hydrogen (secondary N) is 1. The summed E-state index contributed by atoms with van der Waals surface area (Å²) in [6.07, 6.45) is 0. The minimum Gasteiger partial charge on any atom is -0.206 e. The molecule has 0 saturated carbocycles. The van der Waals surface area contributed by atoms with E-state index in [0.717, 1.165) is 23.5 Å². The molecule has 1 aromatic heterocycles. The van der Waals surface area contributed by atoms with Crippen LogP contribution in [0.15, 0.2) is 32.3 Å². The van der Waals surface area contributed by atoms with Crippen molar-refractivity contribution in [2.24, 2.45) is 0 Å². The summed E-state index contributed by atoms with van der Waals surface area (Å²) in [4.78, 5) is 0. The van der Waals surface area contributed by atoms with Crippen molar-refractivity contribution < 1.29 is 17.2 Å². The van der Waals surface area contributed by atoms with Crippen LogP contribution >= 0.6 is 38.9 Å². The van der Waals surface area contributed by atoms with Crippen LogP contribution in [0.5, 0.6) is 0 Å². The Morgan fingerprint density at radius 2 is 1.95 bits per heavy atom. The molecular formula is C12H9BrClF2NO2S2. The van der Waals surface area contributed by atoms with Gasteiger partial charge in [-0.25, -0.2) is 21.9 Å². The number of halogens is 4. The Morgan fingerprint density at radius 3 is 2.48 bits per heavy atom. The first-order chi connectivity index (χ1) is 9.70.